The van der Waals surface area contributed by atoms with Gasteiger partial charge in [-0.2, -0.15) is 0 Å². The Hall–Kier alpha value is -2.18. The smallest absolute Gasteiger partial charge is 0.407 e. The molecule has 124 valence electrons. The van der Waals surface area contributed by atoms with Crippen LogP contribution in [0.3, 0.4) is 0 Å². The van der Waals surface area contributed by atoms with Crippen LogP contribution >= 0.6 is 0 Å². The van der Waals surface area contributed by atoms with Gasteiger partial charge < -0.3 is 14.9 Å². The lowest BCUT2D eigenvalue weighted by atomic mass is 9.77. The Balaban J connectivity index is 1.95. The number of carboxylic acid groups (broad SMARTS) is 1. The van der Waals surface area contributed by atoms with Crippen LogP contribution in [0.25, 0.3) is 0 Å². The minimum atomic E-state index is -0.918. The number of hydrogen-bond acceptors (Lipinski definition) is 4. The second-order valence-corrected chi connectivity index (χ2v) is 7.33. The molecule has 1 saturated heterocycles. The Morgan fingerprint density at radius 1 is 1.39 bits per heavy atom. The summed E-state index contributed by atoms with van der Waals surface area (Å²) in [5.74, 6) is -0.117. The van der Waals surface area contributed by atoms with E-state index in [4.69, 9.17) is 0 Å². The predicted molar refractivity (Wildman–Crippen MR) is 82.9 cm³/mol. The van der Waals surface area contributed by atoms with Crippen LogP contribution in [0.15, 0.2) is 12.5 Å². The van der Waals surface area contributed by atoms with Crippen LogP contribution in [0, 0.1) is 5.41 Å². The third-order valence-corrected chi connectivity index (χ3v) is 4.72. The fraction of sp³-hybridized carbons (Fsp3) is 0.625. The number of fused-ring (bicyclic) bond motifs is 1. The second kappa shape index (κ2) is 5.47. The van der Waals surface area contributed by atoms with Gasteiger partial charge in [-0.15, -0.1) is 0 Å². The summed E-state index contributed by atoms with van der Waals surface area (Å²) in [6, 6.07) is -0.374. The largest absolute Gasteiger partial charge is 0.465 e. The molecule has 2 unspecified atom stereocenters. The number of likely N-dealkylation sites (tertiary alicyclic amines) is 1. The summed E-state index contributed by atoms with van der Waals surface area (Å²) in [7, 11) is 0. The van der Waals surface area contributed by atoms with Gasteiger partial charge in [-0.3, -0.25) is 4.79 Å². The molecule has 2 amide bonds. The Morgan fingerprint density at radius 3 is 2.74 bits per heavy atom. The molecular weight excluding hydrogens is 296 g/mol. The first kappa shape index (κ1) is 15.7. The molecule has 2 aliphatic heterocycles. The molecule has 2 aliphatic rings. The minimum Gasteiger partial charge on any atom is -0.465 e. The van der Waals surface area contributed by atoms with Crippen molar-refractivity contribution >= 4 is 12.0 Å². The van der Waals surface area contributed by atoms with Gasteiger partial charge in [-0.25, -0.2) is 14.8 Å². The van der Waals surface area contributed by atoms with Crippen LogP contribution in [0.2, 0.25) is 0 Å². The molecule has 3 rings (SSSR count). The molecule has 23 heavy (non-hydrogen) atoms. The van der Waals surface area contributed by atoms with Crippen molar-refractivity contribution in [2.24, 2.45) is 5.41 Å². The van der Waals surface area contributed by atoms with E-state index < -0.39 is 6.09 Å². The van der Waals surface area contributed by atoms with Crippen molar-refractivity contribution in [3.05, 3.63) is 23.8 Å². The lowest BCUT2D eigenvalue weighted by Gasteiger charge is -2.49. The highest BCUT2D eigenvalue weighted by Gasteiger charge is 2.47. The Morgan fingerprint density at radius 2 is 2.13 bits per heavy atom. The van der Waals surface area contributed by atoms with E-state index in [0.29, 0.717) is 18.8 Å². The molecule has 7 nitrogen and oxygen atoms in total. The molecule has 1 aromatic rings. The quantitative estimate of drug-likeness (QED) is 0.855. The summed E-state index contributed by atoms with van der Waals surface area (Å²) in [5.41, 5.74) is 1.00. The Kier molecular flexibility index (Phi) is 3.74. The SMILES string of the molecule is CC(C)(C)C1C(N2Cc3cncnc3C2=O)CCCN1C(=O)O. The first-order valence-electron chi connectivity index (χ1n) is 7.90. The molecule has 3 heterocycles. The predicted octanol–water partition coefficient (Wildman–Crippen LogP) is 1.99. The third-order valence-electron chi connectivity index (χ3n) is 4.72. The van der Waals surface area contributed by atoms with Crippen molar-refractivity contribution in [2.45, 2.75) is 52.2 Å². The maximum Gasteiger partial charge on any atom is 0.407 e. The Labute approximate surface area is 135 Å². The average Bonchev–Trinajstić information content (AvgIpc) is 2.83. The lowest BCUT2D eigenvalue weighted by molar-refractivity contribution is -0.00342. The normalized spacial score (nSPS) is 24.7. The van der Waals surface area contributed by atoms with Gasteiger partial charge in [0.05, 0.1) is 18.6 Å². The molecule has 0 radical (unpaired) electrons. The zero-order valence-corrected chi connectivity index (χ0v) is 13.7. The summed E-state index contributed by atoms with van der Waals surface area (Å²) in [4.78, 5) is 35.7. The molecule has 2 atom stereocenters. The van der Waals surface area contributed by atoms with Gasteiger partial charge >= 0.3 is 6.09 Å². The van der Waals surface area contributed by atoms with Crippen LogP contribution in [0.5, 0.6) is 0 Å². The number of nitrogens with zero attached hydrogens (tertiary/aromatic N) is 4. The van der Waals surface area contributed by atoms with Gasteiger partial charge in [0, 0.05) is 18.3 Å². The number of amides is 2. The molecule has 1 aromatic heterocycles. The number of aromatic nitrogens is 2. The second-order valence-electron chi connectivity index (χ2n) is 7.33. The van der Waals surface area contributed by atoms with Crippen molar-refractivity contribution in [1.29, 1.82) is 0 Å². The van der Waals surface area contributed by atoms with Crippen molar-refractivity contribution < 1.29 is 14.7 Å². The average molecular weight is 318 g/mol. The van der Waals surface area contributed by atoms with Crippen LogP contribution < -0.4 is 0 Å². The number of hydrogen-bond donors (Lipinski definition) is 1. The number of piperidine rings is 1. The molecular formula is C16H22N4O3. The van der Waals surface area contributed by atoms with E-state index in [9.17, 15) is 14.7 Å². The van der Waals surface area contributed by atoms with Gasteiger partial charge in [0.2, 0.25) is 0 Å². The highest BCUT2D eigenvalue weighted by Crippen LogP contribution is 2.37. The van der Waals surface area contributed by atoms with Crippen LogP contribution in [0.1, 0.15) is 49.7 Å². The van der Waals surface area contributed by atoms with Crippen molar-refractivity contribution in [3.63, 3.8) is 0 Å². The van der Waals surface area contributed by atoms with Gasteiger partial charge in [0.25, 0.3) is 5.91 Å². The summed E-state index contributed by atoms with van der Waals surface area (Å²) < 4.78 is 0. The number of rotatable bonds is 1. The van der Waals surface area contributed by atoms with E-state index in [1.54, 1.807) is 11.1 Å². The lowest BCUT2D eigenvalue weighted by Crippen LogP contribution is -2.61. The standard InChI is InChI=1S/C16H22N4O3/c1-16(2,3)13-11(5-4-6-19(13)15(22)23)20-8-10-7-17-9-18-12(10)14(20)21/h7,9,11,13H,4-6,8H2,1-3H3,(H,22,23). The molecule has 0 aromatic carbocycles. The van der Waals surface area contributed by atoms with Crippen molar-refractivity contribution in [3.8, 4) is 0 Å². The van der Waals surface area contributed by atoms with Gasteiger partial charge in [-0.1, -0.05) is 20.8 Å². The highest BCUT2D eigenvalue weighted by molar-refractivity contribution is 5.96. The van der Waals surface area contributed by atoms with Crippen LogP contribution in [-0.4, -0.2) is 55.5 Å². The maximum atomic E-state index is 12.7. The molecule has 0 saturated carbocycles. The highest BCUT2D eigenvalue weighted by atomic mass is 16.4. The van der Waals surface area contributed by atoms with Crippen molar-refractivity contribution in [2.75, 3.05) is 6.54 Å². The minimum absolute atomic E-state index is 0.117. The molecule has 1 fully saturated rings. The zero-order chi connectivity index (χ0) is 16.8. The van der Waals surface area contributed by atoms with Gasteiger partial charge in [0.1, 0.15) is 12.0 Å². The fourth-order valence-electron chi connectivity index (χ4n) is 3.89. The van der Waals surface area contributed by atoms with E-state index in [0.717, 1.165) is 18.4 Å². The summed E-state index contributed by atoms with van der Waals surface area (Å²) in [6.07, 6.45) is 3.70. The van der Waals surface area contributed by atoms with E-state index >= 15 is 0 Å². The molecule has 0 bridgehead atoms. The first-order valence-corrected chi connectivity index (χ1v) is 7.90. The molecule has 7 heteroatoms. The maximum absolute atomic E-state index is 12.7. The van der Waals surface area contributed by atoms with E-state index in [1.165, 1.54) is 11.2 Å². The monoisotopic (exact) mass is 318 g/mol. The summed E-state index contributed by atoms with van der Waals surface area (Å²) in [6.45, 7) is 7.06. The zero-order valence-electron chi connectivity index (χ0n) is 13.7. The number of carbonyl (C=O) groups excluding carboxylic acids is 1. The van der Waals surface area contributed by atoms with Gasteiger partial charge in [-0.05, 0) is 18.3 Å². The number of carbonyl (C=O) groups is 2. The van der Waals surface area contributed by atoms with E-state index in [-0.39, 0.29) is 23.4 Å². The molecule has 0 aliphatic carbocycles. The summed E-state index contributed by atoms with van der Waals surface area (Å²) in [5, 5.41) is 9.57. The van der Waals surface area contributed by atoms with E-state index in [2.05, 4.69) is 9.97 Å². The van der Waals surface area contributed by atoms with E-state index in [1.807, 2.05) is 20.8 Å². The fourth-order valence-corrected chi connectivity index (χ4v) is 3.89. The third kappa shape index (κ3) is 2.64. The van der Waals surface area contributed by atoms with Crippen LogP contribution in [-0.2, 0) is 6.54 Å². The Bertz CT molecular complexity index is 640. The van der Waals surface area contributed by atoms with Crippen molar-refractivity contribution in [1.82, 2.24) is 19.8 Å². The summed E-state index contributed by atoms with van der Waals surface area (Å²) >= 11 is 0. The molecule has 0 spiro atoms. The first-order chi connectivity index (χ1) is 10.8. The molecule has 1 N–H and O–H groups in total. The topological polar surface area (TPSA) is 86.6 Å². The van der Waals surface area contributed by atoms with Crippen LogP contribution in [0.4, 0.5) is 4.79 Å². The van der Waals surface area contributed by atoms with Gasteiger partial charge in [0.15, 0.2) is 0 Å².